The molecule has 1 N–H and O–H groups in total. The van der Waals surface area contributed by atoms with Crippen LogP contribution in [0.25, 0.3) is 0 Å². The van der Waals surface area contributed by atoms with Crippen molar-refractivity contribution in [3.8, 4) is 0 Å². The molecular formula is C28H34ClN5O3S. The van der Waals surface area contributed by atoms with Gasteiger partial charge in [-0.15, -0.1) is 0 Å². The van der Waals surface area contributed by atoms with Crippen molar-refractivity contribution in [1.82, 2.24) is 15.3 Å². The van der Waals surface area contributed by atoms with Crippen LogP contribution in [-0.4, -0.2) is 61.3 Å². The highest BCUT2D eigenvalue weighted by Crippen LogP contribution is 2.29. The number of anilines is 2. The number of nitrogens with one attached hydrogen (secondary N) is 1. The summed E-state index contributed by atoms with van der Waals surface area (Å²) in [6, 6.07) is 13.7. The monoisotopic (exact) mass is 555 g/mol. The zero-order chi connectivity index (χ0) is 26.5. The minimum absolute atomic E-state index is 0.0997. The van der Waals surface area contributed by atoms with Gasteiger partial charge in [0.25, 0.3) is 5.91 Å². The molecule has 3 aromatic rings. The number of thioether (sulfide) groups is 1. The average Bonchev–Trinajstić information content (AvgIpc) is 3.63. The summed E-state index contributed by atoms with van der Waals surface area (Å²) in [5.41, 5.74) is 2.09. The molecule has 202 valence electrons. The maximum absolute atomic E-state index is 12.5. The fraction of sp³-hybridized carbons (Fsp3) is 0.464. The van der Waals surface area contributed by atoms with E-state index in [1.165, 1.54) is 11.8 Å². The second-order valence-electron chi connectivity index (χ2n) is 9.91. The number of carbonyl (C=O) groups excluding carboxylic acids is 1. The molecule has 2 aliphatic rings. The Balaban J connectivity index is 1.20. The second kappa shape index (κ2) is 12.4. The van der Waals surface area contributed by atoms with Gasteiger partial charge in [-0.2, -0.15) is 0 Å². The molecule has 10 heteroatoms. The van der Waals surface area contributed by atoms with E-state index in [2.05, 4.69) is 41.1 Å². The molecule has 2 saturated heterocycles. The van der Waals surface area contributed by atoms with Crippen LogP contribution in [0.15, 0.2) is 52.0 Å². The van der Waals surface area contributed by atoms with Gasteiger partial charge in [-0.1, -0.05) is 49.3 Å². The minimum Gasteiger partial charge on any atom is -0.455 e. The van der Waals surface area contributed by atoms with Crippen molar-refractivity contribution in [1.29, 1.82) is 0 Å². The number of carbonyl (C=O) groups is 1. The Morgan fingerprint density at radius 1 is 1.13 bits per heavy atom. The number of nitrogens with zero attached hydrogens (tertiary/aromatic N) is 4. The molecule has 38 heavy (non-hydrogen) atoms. The van der Waals surface area contributed by atoms with Crippen LogP contribution in [0.1, 0.15) is 54.6 Å². The summed E-state index contributed by atoms with van der Waals surface area (Å²) in [6.45, 7) is 9.01. The van der Waals surface area contributed by atoms with Crippen molar-refractivity contribution < 1.29 is 13.9 Å². The number of benzene rings is 1. The Kier molecular flexibility index (Phi) is 8.76. The molecule has 2 aromatic heterocycles. The van der Waals surface area contributed by atoms with Gasteiger partial charge in [0.2, 0.25) is 0 Å². The smallest absolute Gasteiger partial charge is 0.287 e. The zero-order valence-electron chi connectivity index (χ0n) is 21.9. The topological polar surface area (TPSA) is 83.7 Å². The Hall–Kier alpha value is -2.75. The predicted octanol–water partition coefficient (Wildman–Crippen LogP) is 5.37. The number of hydrogen-bond donors (Lipinski definition) is 1. The van der Waals surface area contributed by atoms with E-state index in [0.29, 0.717) is 29.0 Å². The van der Waals surface area contributed by atoms with Crippen LogP contribution in [0.5, 0.6) is 0 Å². The fourth-order valence-electron chi connectivity index (χ4n) is 4.65. The van der Waals surface area contributed by atoms with Gasteiger partial charge in [0.15, 0.2) is 10.9 Å². The van der Waals surface area contributed by atoms with Crippen molar-refractivity contribution in [3.05, 3.63) is 64.7 Å². The standard InChI is InChI=1S/C28H34ClN5O3S/c1-19(2)23-16-26(34-13-11-33(12-14-34)24-8-4-3-7-22(24)29)32-28(31-23)38-18-21-9-10-25(37-21)27(35)30-17-20-6-5-15-36-20/h3-4,7-10,16,19-20H,5-6,11-15,17-18H2,1-2H3,(H,30,35)/t20-/m0/s1. The van der Waals surface area contributed by atoms with E-state index in [-0.39, 0.29) is 17.9 Å². The quantitative estimate of drug-likeness (QED) is 0.278. The Morgan fingerprint density at radius 2 is 1.92 bits per heavy atom. The van der Waals surface area contributed by atoms with Crippen LogP contribution in [0.3, 0.4) is 0 Å². The number of halogens is 1. The second-order valence-corrected chi connectivity index (χ2v) is 11.3. The van der Waals surface area contributed by atoms with Crippen LogP contribution >= 0.6 is 23.4 Å². The lowest BCUT2D eigenvalue weighted by Gasteiger charge is -2.37. The molecule has 1 aromatic carbocycles. The third-order valence-corrected chi connectivity index (χ3v) is 8.03. The molecule has 0 saturated carbocycles. The lowest BCUT2D eigenvalue weighted by atomic mass is 10.1. The minimum atomic E-state index is -0.215. The largest absolute Gasteiger partial charge is 0.455 e. The van der Waals surface area contributed by atoms with E-state index in [1.54, 1.807) is 6.07 Å². The summed E-state index contributed by atoms with van der Waals surface area (Å²) in [5.74, 6) is 2.58. The van der Waals surface area contributed by atoms with Gasteiger partial charge >= 0.3 is 0 Å². The highest BCUT2D eigenvalue weighted by atomic mass is 35.5. The maximum atomic E-state index is 12.5. The molecule has 8 nitrogen and oxygen atoms in total. The Labute approximate surface area is 233 Å². The first-order valence-electron chi connectivity index (χ1n) is 13.2. The highest BCUT2D eigenvalue weighted by Gasteiger charge is 2.22. The molecule has 1 amide bonds. The number of furan rings is 1. The summed E-state index contributed by atoms with van der Waals surface area (Å²) in [6.07, 6.45) is 2.13. The zero-order valence-corrected chi connectivity index (χ0v) is 23.4. The molecular weight excluding hydrogens is 522 g/mol. The summed E-state index contributed by atoms with van der Waals surface area (Å²) >= 11 is 7.94. The van der Waals surface area contributed by atoms with E-state index in [4.69, 9.17) is 30.7 Å². The first kappa shape index (κ1) is 26.8. The normalized spacial score (nSPS) is 17.8. The lowest BCUT2D eigenvalue weighted by molar-refractivity contribution is 0.0834. The van der Waals surface area contributed by atoms with Crippen LogP contribution in [0.2, 0.25) is 5.02 Å². The molecule has 4 heterocycles. The summed E-state index contributed by atoms with van der Waals surface area (Å²) in [7, 11) is 0. The molecule has 2 fully saturated rings. The molecule has 0 bridgehead atoms. The summed E-state index contributed by atoms with van der Waals surface area (Å²) < 4.78 is 11.4. The van der Waals surface area contributed by atoms with Crippen molar-refractivity contribution in [2.75, 3.05) is 49.1 Å². The SMILES string of the molecule is CC(C)c1cc(N2CCN(c3ccccc3Cl)CC2)nc(SCc2ccc(C(=O)NC[C@@H]3CCCO3)o2)n1. The van der Waals surface area contributed by atoms with Crippen molar-refractivity contribution in [3.63, 3.8) is 0 Å². The van der Waals surface area contributed by atoms with Crippen LogP contribution in [0, 0.1) is 0 Å². The van der Waals surface area contributed by atoms with Gasteiger partial charge in [0.1, 0.15) is 11.6 Å². The molecule has 5 rings (SSSR count). The van der Waals surface area contributed by atoms with Crippen molar-refractivity contribution in [2.45, 2.75) is 49.6 Å². The summed E-state index contributed by atoms with van der Waals surface area (Å²) in [4.78, 5) is 26.8. The first-order valence-corrected chi connectivity index (χ1v) is 14.6. The fourth-order valence-corrected chi connectivity index (χ4v) is 5.66. The van der Waals surface area contributed by atoms with Crippen molar-refractivity contribution in [2.24, 2.45) is 0 Å². The van der Waals surface area contributed by atoms with Gasteiger partial charge in [0.05, 0.1) is 22.6 Å². The summed E-state index contributed by atoms with van der Waals surface area (Å²) in [5, 5.41) is 4.39. The molecule has 0 aliphatic carbocycles. The van der Waals surface area contributed by atoms with E-state index >= 15 is 0 Å². The molecule has 1 atom stereocenters. The number of amides is 1. The van der Waals surface area contributed by atoms with Gasteiger partial charge in [-0.3, -0.25) is 4.79 Å². The highest BCUT2D eigenvalue weighted by molar-refractivity contribution is 7.98. The van der Waals surface area contributed by atoms with E-state index in [0.717, 1.165) is 67.8 Å². The van der Waals surface area contributed by atoms with Gasteiger partial charge in [0, 0.05) is 51.1 Å². The third kappa shape index (κ3) is 6.62. The van der Waals surface area contributed by atoms with E-state index in [9.17, 15) is 4.79 Å². The average molecular weight is 556 g/mol. The number of ether oxygens (including phenoxy) is 1. The van der Waals surface area contributed by atoms with E-state index in [1.807, 2.05) is 24.3 Å². The van der Waals surface area contributed by atoms with Crippen molar-refractivity contribution >= 4 is 40.8 Å². The molecule has 0 spiro atoms. The number of para-hydroxylation sites is 1. The number of hydrogen-bond acceptors (Lipinski definition) is 8. The molecule has 2 aliphatic heterocycles. The van der Waals surface area contributed by atoms with Crippen LogP contribution in [0.4, 0.5) is 11.5 Å². The van der Waals surface area contributed by atoms with Gasteiger partial charge in [-0.25, -0.2) is 9.97 Å². The van der Waals surface area contributed by atoms with Crippen LogP contribution < -0.4 is 15.1 Å². The molecule has 0 radical (unpaired) electrons. The first-order chi connectivity index (χ1) is 18.5. The maximum Gasteiger partial charge on any atom is 0.287 e. The van der Waals surface area contributed by atoms with E-state index < -0.39 is 0 Å². The van der Waals surface area contributed by atoms with Crippen LogP contribution in [-0.2, 0) is 10.5 Å². The third-order valence-electron chi connectivity index (χ3n) is 6.84. The number of rotatable bonds is 9. The Morgan fingerprint density at radius 3 is 2.66 bits per heavy atom. The molecule has 0 unspecified atom stereocenters. The predicted molar refractivity (Wildman–Crippen MR) is 152 cm³/mol. The Bertz CT molecular complexity index is 1240. The van der Waals surface area contributed by atoms with Gasteiger partial charge in [-0.05, 0) is 43.0 Å². The van der Waals surface area contributed by atoms with Gasteiger partial charge < -0.3 is 24.3 Å². The lowest BCUT2D eigenvalue weighted by Crippen LogP contribution is -2.47. The number of piperazine rings is 1. The number of aromatic nitrogens is 2.